The number of alkyl halides is 1. The number of hydrogen-bond donors (Lipinski definition) is 1. The largest absolute Gasteiger partial charge is 0.375 e. The molecule has 0 bridgehead atoms. The lowest BCUT2D eigenvalue weighted by Crippen LogP contribution is -2.45. The average Bonchev–Trinajstić information content (AvgIpc) is 3.24. The van der Waals surface area contributed by atoms with E-state index in [1.807, 2.05) is 48.7 Å². The standard InChI is InChI=1S/C27H36FN5O2/c1-27(2,3)25(33(24(34)19-35-4)15-12-22(29)16-28)26-31-23(21-8-6-5-7-9-21)18-32(26)17-20-10-13-30-14-11-20/h5-11,13-14,18,22,25H,12,15-17,19,29H2,1-4H3/t22-,25+/m1/s1. The number of carbonyl (C=O) groups excluding carboxylic acids is 1. The van der Waals surface area contributed by atoms with E-state index in [1.165, 1.54) is 7.11 Å². The van der Waals surface area contributed by atoms with Crippen LogP contribution in [0.4, 0.5) is 4.39 Å². The lowest BCUT2D eigenvalue weighted by Gasteiger charge is -2.40. The lowest BCUT2D eigenvalue weighted by molar-refractivity contribution is -0.140. The minimum absolute atomic E-state index is 0.0753. The summed E-state index contributed by atoms with van der Waals surface area (Å²) >= 11 is 0. The van der Waals surface area contributed by atoms with Crippen molar-refractivity contribution in [1.29, 1.82) is 0 Å². The van der Waals surface area contributed by atoms with E-state index in [1.54, 1.807) is 17.3 Å². The van der Waals surface area contributed by atoms with E-state index in [-0.39, 0.29) is 17.9 Å². The van der Waals surface area contributed by atoms with Crippen LogP contribution in [-0.2, 0) is 16.1 Å². The number of ether oxygens (including phenoxy) is 1. The van der Waals surface area contributed by atoms with Crippen LogP contribution >= 0.6 is 0 Å². The summed E-state index contributed by atoms with van der Waals surface area (Å²) in [5, 5.41) is 0. The van der Waals surface area contributed by atoms with Crippen LogP contribution in [-0.4, -0.2) is 58.3 Å². The highest BCUT2D eigenvalue weighted by molar-refractivity contribution is 5.78. The van der Waals surface area contributed by atoms with Crippen molar-refractivity contribution >= 4 is 5.91 Å². The van der Waals surface area contributed by atoms with Crippen molar-refractivity contribution in [2.45, 2.75) is 45.8 Å². The molecule has 0 aliphatic heterocycles. The van der Waals surface area contributed by atoms with Gasteiger partial charge in [0.1, 0.15) is 19.1 Å². The minimum Gasteiger partial charge on any atom is -0.375 e. The maximum atomic E-state index is 13.3. The lowest BCUT2D eigenvalue weighted by atomic mass is 9.84. The van der Waals surface area contributed by atoms with Gasteiger partial charge in [-0.2, -0.15) is 0 Å². The topological polar surface area (TPSA) is 86.3 Å². The average molecular weight is 482 g/mol. The van der Waals surface area contributed by atoms with Crippen LogP contribution in [0.1, 0.15) is 44.6 Å². The molecule has 3 rings (SSSR count). The van der Waals surface area contributed by atoms with Gasteiger partial charge in [-0.3, -0.25) is 9.78 Å². The van der Waals surface area contributed by atoms with Gasteiger partial charge >= 0.3 is 0 Å². The summed E-state index contributed by atoms with van der Waals surface area (Å²) in [7, 11) is 1.49. The second kappa shape index (κ2) is 12.0. The van der Waals surface area contributed by atoms with E-state index in [4.69, 9.17) is 15.5 Å². The van der Waals surface area contributed by atoms with E-state index in [2.05, 4.69) is 30.3 Å². The van der Waals surface area contributed by atoms with Crippen LogP contribution in [0.5, 0.6) is 0 Å². The second-order valence-electron chi connectivity index (χ2n) is 9.83. The van der Waals surface area contributed by atoms with Crippen molar-refractivity contribution in [3.05, 3.63) is 72.4 Å². The number of pyridine rings is 1. The normalized spacial score (nSPS) is 13.4. The third kappa shape index (κ3) is 6.96. The van der Waals surface area contributed by atoms with E-state index < -0.39 is 18.8 Å². The minimum atomic E-state index is -0.638. The number of benzene rings is 1. The highest BCUT2D eigenvalue weighted by Crippen LogP contribution is 2.39. The Bertz CT molecular complexity index is 1070. The van der Waals surface area contributed by atoms with Crippen molar-refractivity contribution in [3.63, 3.8) is 0 Å². The summed E-state index contributed by atoms with van der Waals surface area (Å²) in [5.41, 5.74) is 8.39. The Morgan fingerprint density at radius 3 is 2.46 bits per heavy atom. The first-order chi connectivity index (χ1) is 16.7. The quantitative estimate of drug-likeness (QED) is 0.443. The molecule has 0 aliphatic carbocycles. The number of methoxy groups -OCH3 is 1. The fraction of sp³-hybridized carbons (Fsp3) is 0.444. The summed E-state index contributed by atoms with van der Waals surface area (Å²) in [6.45, 7) is 6.39. The molecule has 8 heteroatoms. The highest BCUT2D eigenvalue weighted by atomic mass is 19.1. The first-order valence-electron chi connectivity index (χ1n) is 11.9. The van der Waals surface area contributed by atoms with E-state index in [0.29, 0.717) is 19.5 Å². The number of hydrogen-bond acceptors (Lipinski definition) is 5. The van der Waals surface area contributed by atoms with E-state index >= 15 is 0 Å². The van der Waals surface area contributed by atoms with Crippen molar-refractivity contribution in [2.24, 2.45) is 11.1 Å². The molecule has 0 fully saturated rings. The monoisotopic (exact) mass is 481 g/mol. The van der Waals surface area contributed by atoms with Gasteiger partial charge in [0, 0.05) is 50.4 Å². The third-order valence-electron chi connectivity index (χ3n) is 5.88. The van der Waals surface area contributed by atoms with Crippen molar-refractivity contribution < 1.29 is 13.9 Å². The Morgan fingerprint density at radius 2 is 1.86 bits per heavy atom. The molecular formula is C27H36FN5O2. The van der Waals surface area contributed by atoms with Gasteiger partial charge in [-0.05, 0) is 29.5 Å². The van der Waals surface area contributed by atoms with Crippen molar-refractivity contribution in [2.75, 3.05) is 26.9 Å². The van der Waals surface area contributed by atoms with Crippen molar-refractivity contribution in [1.82, 2.24) is 19.4 Å². The molecule has 2 heterocycles. The zero-order valence-corrected chi connectivity index (χ0v) is 21.0. The smallest absolute Gasteiger partial charge is 0.249 e. The van der Waals surface area contributed by atoms with Gasteiger partial charge in [0.15, 0.2) is 0 Å². The summed E-state index contributed by atoms with van der Waals surface area (Å²) in [5.74, 6) is 0.574. The molecule has 1 amide bonds. The van der Waals surface area contributed by atoms with Gasteiger partial charge in [-0.15, -0.1) is 0 Å². The van der Waals surface area contributed by atoms with Crippen LogP contribution in [0.25, 0.3) is 11.3 Å². The number of rotatable bonds is 11. The molecule has 0 spiro atoms. The zero-order chi connectivity index (χ0) is 25.4. The number of halogens is 1. The van der Waals surface area contributed by atoms with E-state index in [0.717, 1.165) is 22.6 Å². The first-order valence-corrected chi connectivity index (χ1v) is 11.9. The highest BCUT2D eigenvalue weighted by Gasteiger charge is 2.38. The summed E-state index contributed by atoms with van der Waals surface area (Å²) < 4.78 is 20.4. The van der Waals surface area contributed by atoms with Gasteiger partial charge in [-0.25, -0.2) is 9.37 Å². The number of nitrogens with zero attached hydrogens (tertiary/aromatic N) is 4. The molecule has 2 aromatic heterocycles. The van der Waals surface area contributed by atoms with Crippen LogP contribution in [0, 0.1) is 5.41 Å². The fourth-order valence-electron chi connectivity index (χ4n) is 4.19. The number of aromatic nitrogens is 3. The predicted octanol–water partition coefficient (Wildman–Crippen LogP) is 4.24. The summed E-state index contributed by atoms with van der Waals surface area (Å²) in [6.07, 6.45) is 5.89. The maximum Gasteiger partial charge on any atom is 0.249 e. The van der Waals surface area contributed by atoms with Gasteiger partial charge in [-0.1, -0.05) is 51.1 Å². The van der Waals surface area contributed by atoms with Crippen LogP contribution in [0.2, 0.25) is 0 Å². The number of carbonyl (C=O) groups is 1. The Balaban J connectivity index is 2.13. The third-order valence-corrected chi connectivity index (χ3v) is 5.88. The molecule has 188 valence electrons. The predicted molar refractivity (Wildman–Crippen MR) is 135 cm³/mol. The Labute approximate surface area is 207 Å². The molecule has 7 nitrogen and oxygen atoms in total. The Kier molecular flexibility index (Phi) is 9.12. The molecule has 3 aromatic rings. The fourth-order valence-corrected chi connectivity index (χ4v) is 4.19. The van der Waals surface area contributed by atoms with Crippen molar-refractivity contribution in [3.8, 4) is 11.3 Å². The molecule has 2 atom stereocenters. The molecular weight excluding hydrogens is 445 g/mol. The molecule has 0 unspecified atom stereocenters. The van der Waals surface area contributed by atoms with Crippen LogP contribution in [0.15, 0.2) is 61.1 Å². The van der Waals surface area contributed by atoms with Gasteiger partial charge < -0.3 is 19.9 Å². The van der Waals surface area contributed by atoms with Crippen LogP contribution < -0.4 is 5.73 Å². The summed E-state index contributed by atoms with van der Waals surface area (Å²) in [6, 6.07) is 12.9. The molecule has 0 saturated heterocycles. The molecule has 0 radical (unpaired) electrons. The van der Waals surface area contributed by atoms with Gasteiger partial charge in [0.05, 0.1) is 11.7 Å². The molecule has 0 aliphatic rings. The number of nitrogens with two attached hydrogens (primary N) is 1. The van der Waals surface area contributed by atoms with Gasteiger partial charge in [0.2, 0.25) is 5.91 Å². The van der Waals surface area contributed by atoms with E-state index in [9.17, 15) is 9.18 Å². The SMILES string of the molecule is COCC(=O)N(CC[C@@H](N)CF)[C@@H](c1nc(-c2ccccc2)cn1Cc1ccncc1)C(C)(C)C. The van der Waals surface area contributed by atoms with Crippen LogP contribution in [0.3, 0.4) is 0 Å². The Hall–Kier alpha value is -3.10. The van der Waals surface area contributed by atoms with Gasteiger partial charge in [0.25, 0.3) is 0 Å². The molecule has 1 aromatic carbocycles. The number of imidazole rings is 1. The summed E-state index contributed by atoms with van der Waals surface area (Å²) in [4.78, 5) is 24.2. The molecule has 0 saturated carbocycles. The Morgan fingerprint density at radius 1 is 1.17 bits per heavy atom. The molecule has 35 heavy (non-hydrogen) atoms. The molecule has 2 N–H and O–H groups in total. The number of amides is 1. The second-order valence-corrected chi connectivity index (χ2v) is 9.83. The first kappa shape index (κ1) is 26.5. The maximum absolute atomic E-state index is 13.3. The zero-order valence-electron chi connectivity index (χ0n) is 21.0.